The molecule has 0 saturated heterocycles. The van der Waals surface area contributed by atoms with E-state index in [1.807, 2.05) is 0 Å². The van der Waals surface area contributed by atoms with Crippen LogP contribution in [0.1, 0.15) is 280 Å². The summed E-state index contributed by atoms with van der Waals surface area (Å²) in [5.41, 5.74) is 4.48. The molecule has 0 nitrogen and oxygen atoms in total. The van der Waals surface area contributed by atoms with Gasteiger partial charge >= 0.3 is 0 Å². The zero-order chi connectivity index (χ0) is 65.6. The first-order valence-electron chi connectivity index (χ1n) is 49.4. The van der Waals surface area contributed by atoms with Crippen LogP contribution in [0.25, 0.3) is 0 Å². The molecule has 40 fully saturated rings. The van der Waals surface area contributed by atoms with Crippen molar-refractivity contribution in [3.05, 3.63) is 0 Å². The SMILES string of the molecule is CC12C3C4CCC3C3C4C1C1CCC1C32.CC12C3C4CCC3C3C4C1C1CCCC1C32.CC12C3CCC1C1C3C3C4C5CCC6C4C1C32C56.CC12C3CCC1C1C4CCC(C13)C42.CC1C2CCC1C1CC3CCCCC3CC21.CC1C2CCC1C1CCCC21.CC1C2CCC1C1CCCCC21. The van der Waals surface area contributed by atoms with Crippen LogP contribution in [0.5, 0.6) is 0 Å². The first kappa shape index (κ1) is 60.7. The van der Waals surface area contributed by atoms with Crippen LogP contribution in [-0.2, 0) is 0 Å². The molecule has 40 aliphatic carbocycles. The Labute approximate surface area is 616 Å². The number of fused-ring (bicyclic) bond motifs is 18. The largest absolute Gasteiger partial charge is 0.0620 e. The third-order valence-electron chi connectivity index (χ3n) is 52.7. The van der Waals surface area contributed by atoms with E-state index in [2.05, 4.69) is 48.5 Å². The lowest BCUT2D eigenvalue weighted by Gasteiger charge is -2.48. The van der Waals surface area contributed by atoms with E-state index in [0.717, 1.165) is 92.2 Å². The van der Waals surface area contributed by atoms with Crippen molar-refractivity contribution in [3.63, 3.8) is 0 Å². The molecule has 1 spiro atoms. The van der Waals surface area contributed by atoms with Crippen LogP contribution >= 0.6 is 0 Å². The molecule has 0 heterocycles. The minimum atomic E-state index is 0.872. The Hall–Kier alpha value is 0. The average molecular weight is 1360 g/mol. The molecular weight excluding hydrogens is 1210 g/mol. The maximum Gasteiger partial charge on any atom is -0.0136 e. The van der Waals surface area contributed by atoms with Gasteiger partial charge in [0.25, 0.3) is 0 Å². The highest BCUT2D eigenvalue weighted by molar-refractivity contribution is 5.47. The quantitative estimate of drug-likeness (QED) is 0.227. The highest BCUT2D eigenvalue weighted by Gasteiger charge is 3.01. The Morgan fingerprint density at radius 2 is 0.446 bits per heavy atom. The van der Waals surface area contributed by atoms with Gasteiger partial charge in [-0.05, 0) is 521 Å². The minimum Gasteiger partial charge on any atom is -0.0620 e. The van der Waals surface area contributed by atoms with E-state index in [1.54, 1.807) is 218 Å². The summed E-state index contributed by atoms with van der Waals surface area (Å²) in [4.78, 5) is 0. The van der Waals surface area contributed by atoms with E-state index in [9.17, 15) is 0 Å². The zero-order valence-corrected chi connectivity index (χ0v) is 65.6. The van der Waals surface area contributed by atoms with Gasteiger partial charge in [-0.2, -0.15) is 0 Å². The smallest absolute Gasteiger partial charge is 0.0136 e. The zero-order valence-electron chi connectivity index (χ0n) is 65.6. The summed E-state index contributed by atoms with van der Waals surface area (Å²) in [6.07, 6.45) is 57.6. The van der Waals surface area contributed by atoms with Crippen molar-refractivity contribution in [2.24, 2.45) is 341 Å². The van der Waals surface area contributed by atoms with Crippen LogP contribution in [0.15, 0.2) is 0 Å². The van der Waals surface area contributed by atoms with Gasteiger partial charge in [0.1, 0.15) is 0 Å². The van der Waals surface area contributed by atoms with Gasteiger partial charge in [0, 0.05) is 0 Å². The predicted octanol–water partition coefficient (Wildman–Crippen LogP) is 24.2. The third kappa shape index (κ3) is 6.09. The fourth-order valence-electron chi connectivity index (χ4n) is 53.6. The van der Waals surface area contributed by atoms with Gasteiger partial charge in [0.05, 0.1) is 0 Å². The lowest BCUT2D eigenvalue weighted by Crippen LogP contribution is -2.42. The van der Waals surface area contributed by atoms with Crippen molar-refractivity contribution < 1.29 is 0 Å². The molecule has 46 unspecified atom stereocenters. The molecule has 40 saturated carbocycles. The molecule has 40 rings (SSSR count). The van der Waals surface area contributed by atoms with E-state index in [1.165, 1.54) is 261 Å². The van der Waals surface area contributed by atoms with Crippen LogP contribution in [-0.4, -0.2) is 0 Å². The maximum atomic E-state index is 2.82. The molecule has 0 aromatic rings. The van der Waals surface area contributed by atoms with Gasteiger partial charge in [-0.3, -0.25) is 0 Å². The van der Waals surface area contributed by atoms with Crippen molar-refractivity contribution in [2.75, 3.05) is 0 Å². The molecule has 0 amide bonds. The normalized spacial score (nSPS) is 74.9. The Kier molecular flexibility index (Phi) is 11.6. The van der Waals surface area contributed by atoms with Crippen LogP contribution in [0, 0.1) is 341 Å². The van der Waals surface area contributed by atoms with Gasteiger partial charge in [-0.15, -0.1) is 0 Å². The monoisotopic (exact) mass is 1360 g/mol. The molecule has 0 heteroatoms. The van der Waals surface area contributed by atoms with Crippen molar-refractivity contribution >= 4 is 0 Å². The molecule has 101 heavy (non-hydrogen) atoms. The summed E-state index contributed by atoms with van der Waals surface area (Å²) in [7, 11) is 0. The van der Waals surface area contributed by atoms with Crippen LogP contribution in [0.3, 0.4) is 0 Å². The fraction of sp³-hybridized carbons (Fsp3) is 1.00. The maximum absolute atomic E-state index is 2.82. The third-order valence-corrected chi connectivity index (χ3v) is 52.7. The molecule has 0 aliphatic heterocycles. The van der Waals surface area contributed by atoms with Gasteiger partial charge in [0.2, 0.25) is 0 Å². The number of rotatable bonds is 0. The summed E-state index contributed by atoms with van der Waals surface area (Å²) in [5, 5.41) is 0. The molecule has 550 valence electrons. The summed E-state index contributed by atoms with van der Waals surface area (Å²) in [6.45, 7) is 18.6. The standard InChI is InChI=1S/C18H22.C16H22.C16H26.C15H20.C13H18.C12H20.C11H18/c1-17-8-4-5-9(17)13-12(8)15-10-6-2-3-7-11(10)16(13)18(15,17)14(6)7;1-16-13-9-5-6-10(13)12-11(9)14(16)7-3-2-4-8(7)15(12)16;1-10-13-6-7-14(10)16-9-12-5-3-2-4-11(12)8-15(13)16;1-15-12-8-4-5-9(12)11-10(8)13(15)6-2-3-7(6)14(11)15;1-13-8-4-5-9(13)11-7-3-2-6(10(8)11)12(7)13;1-8-9-6-7-10(8)12-5-3-2-4-11(9)12;1-7-8-5-6-9(7)11-4-2-3-10(8)11/h6-16H,2-5H2,1H3;7-15H,2-6H2,1H3;10-16H,2-9H2,1H3;6-14H,2-5H2,1H3;6-12H,2-5H2,1H3;8-12H,2-7H2,1H3;7-11H,2-6H2,1H3. The first-order chi connectivity index (χ1) is 49.4. The molecule has 43 bridgehead atoms. The lowest BCUT2D eigenvalue weighted by molar-refractivity contribution is -0.00279. The van der Waals surface area contributed by atoms with E-state index in [4.69, 9.17) is 0 Å². The minimum absolute atomic E-state index is 0.872. The Morgan fingerprint density at radius 3 is 0.822 bits per heavy atom. The van der Waals surface area contributed by atoms with Crippen LogP contribution in [0.2, 0.25) is 0 Å². The molecule has 40 aliphatic rings. The second-order valence-corrected chi connectivity index (χ2v) is 50.5. The number of hydrogen-bond donors (Lipinski definition) is 0. The summed E-state index contributed by atoms with van der Waals surface area (Å²) in [5.74, 6) is 64.2. The summed E-state index contributed by atoms with van der Waals surface area (Å²) < 4.78 is 0. The summed E-state index contributed by atoms with van der Waals surface area (Å²) in [6, 6.07) is 0. The van der Waals surface area contributed by atoms with Gasteiger partial charge in [-0.1, -0.05) is 99.8 Å². The van der Waals surface area contributed by atoms with Crippen molar-refractivity contribution in [2.45, 2.75) is 280 Å². The second kappa shape index (κ2) is 19.4. The van der Waals surface area contributed by atoms with Gasteiger partial charge in [0.15, 0.2) is 0 Å². The topological polar surface area (TPSA) is 0 Å². The van der Waals surface area contributed by atoms with Crippen LogP contribution < -0.4 is 0 Å². The average Bonchev–Trinajstić information content (AvgIpc) is 1.38. The van der Waals surface area contributed by atoms with E-state index < -0.39 is 0 Å². The Morgan fingerprint density at radius 1 is 0.178 bits per heavy atom. The molecule has 0 aromatic heterocycles. The van der Waals surface area contributed by atoms with Crippen molar-refractivity contribution in [3.8, 4) is 0 Å². The van der Waals surface area contributed by atoms with E-state index >= 15 is 0 Å². The van der Waals surface area contributed by atoms with Gasteiger partial charge < -0.3 is 0 Å². The van der Waals surface area contributed by atoms with Crippen LogP contribution in [0.4, 0.5) is 0 Å². The Bertz CT molecular complexity index is 3300. The fourth-order valence-corrected chi connectivity index (χ4v) is 53.6. The molecule has 0 N–H and O–H groups in total. The molecule has 0 aromatic carbocycles. The van der Waals surface area contributed by atoms with Crippen molar-refractivity contribution in [1.29, 1.82) is 0 Å². The molecule has 0 radical (unpaired) electrons. The number of hydrogen-bond acceptors (Lipinski definition) is 0. The predicted molar refractivity (Wildman–Crippen MR) is 403 cm³/mol. The highest BCUT2D eigenvalue weighted by Crippen LogP contribution is 3.05. The molecule has 46 atom stereocenters. The molecular formula is C101H146. The second-order valence-electron chi connectivity index (χ2n) is 50.5. The first-order valence-corrected chi connectivity index (χ1v) is 49.4. The highest BCUT2D eigenvalue weighted by atomic mass is 15.0. The Balaban J connectivity index is 0.0000000645. The van der Waals surface area contributed by atoms with E-state index in [-0.39, 0.29) is 0 Å². The van der Waals surface area contributed by atoms with E-state index in [0.29, 0.717) is 0 Å². The lowest BCUT2D eigenvalue weighted by atomic mass is 9.56. The van der Waals surface area contributed by atoms with Gasteiger partial charge in [-0.25, -0.2) is 0 Å². The van der Waals surface area contributed by atoms with Crippen molar-refractivity contribution in [1.82, 2.24) is 0 Å². The summed E-state index contributed by atoms with van der Waals surface area (Å²) >= 11 is 0.